The van der Waals surface area contributed by atoms with Gasteiger partial charge in [-0.25, -0.2) is 0 Å². The maximum Gasteiger partial charge on any atom is 0.0931 e. The van der Waals surface area contributed by atoms with Crippen molar-refractivity contribution in [1.82, 2.24) is 0 Å². The van der Waals surface area contributed by atoms with Gasteiger partial charge in [0.25, 0.3) is 0 Å². The monoisotopic (exact) mass is 305 g/mol. The predicted octanol–water partition coefficient (Wildman–Crippen LogP) is 5.88. The van der Waals surface area contributed by atoms with Crippen molar-refractivity contribution in [2.45, 2.75) is 13.0 Å². The highest BCUT2D eigenvalue weighted by atomic mass is 35.5. The van der Waals surface area contributed by atoms with E-state index in [0.717, 1.165) is 15.6 Å². The molecule has 1 atom stereocenters. The van der Waals surface area contributed by atoms with Crippen LogP contribution >= 0.6 is 46.1 Å². The van der Waals surface area contributed by atoms with Crippen molar-refractivity contribution in [2.75, 3.05) is 5.32 Å². The number of anilines is 1. The molecular weight excluding hydrogens is 297 g/mol. The molecule has 0 radical (unpaired) electrons. The molecule has 0 spiro atoms. The molecule has 2 aromatic rings. The van der Waals surface area contributed by atoms with Gasteiger partial charge in [0.05, 0.1) is 20.1 Å². The van der Waals surface area contributed by atoms with Crippen LogP contribution in [0, 0.1) is 0 Å². The molecule has 1 heterocycles. The molecule has 17 heavy (non-hydrogen) atoms. The lowest BCUT2D eigenvalue weighted by atomic mass is 10.1. The summed E-state index contributed by atoms with van der Waals surface area (Å²) in [4.78, 5) is 0. The maximum atomic E-state index is 6.11. The number of halogens is 3. The molecule has 0 fully saturated rings. The average Bonchev–Trinajstić information content (AvgIpc) is 2.72. The van der Waals surface area contributed by atoms with Crippen LogP contribution in [0.5, 0.6) is 0 Å². The van der Waals surface area contributed by atoms with Gasteiger partial charge in [0.15, 0.2) is 0 Å². The largest absolute Gasteiger partial charge is 0.377 e. The van der Waals surface area contributed by atoms with Crippen LogP contribution in [-0.2, 0) is 0 Å². The van der Waals surface area contributed by atoms with Gasteiger partial charge in [-0.2, -0.15) is 0 Å². The van der Waals surface area contributed by atoms with Crippen molar-refractivity contribution >= 4 is 51.8 Å². The predicted molar refractivity (Wildman–Crippen MR) is 77.8 cm³/mol. The molecule has 0 amide bonds. The van der Waals surface area contributed by atoms with Gasteiger partial charge in [0.2, 0.25) is 0 Å². The van der Waals surface area contributed by atoms with Crippen molar-refractivity contribution < 1.29 is 0 Å². The quantitative estimate of drug-likeness (QED) is 0.746. The van der Waals surface area contributed by atoms with Gasteiger partial charge in [0.1, 0.15) is 0 Å². The summed E-state index contributed by atoms with van der Waals surface area (Å²) in [6.45, 7) is 2.05. The minimum Gasteiger partial charge on any atom is -0.377 e. The zero-order valence-electron chi connectivity index (χ0n) is 9.01. The Morgan fingerprint density at radius 3 is 2.65 bits per heavy atom. The first kappa shape index (κ1) is 13.0. The van der Waals surface area contributed by atoms with Crippen LogP contribution in [0.4, 0.5) is 5.69 Å². The lowest BCUT2D eigenvalue weighted by Gasteiger charge is -2.15. The standard InChI is InChI=1S/C12H10Cl3NS/c1-7(8-5-11(14)17-6-8)16-10-4-2-3-9(13)12(10)15/h2-7,16H,1H3. The molecule has 1 nitrogen and oxygen atoms in total. The van der Waals surface area contributed by atoms with Crippen LogP contribution in [0.1, 0.15) is 18.5 Å². The Kier molecular flexibility index (Phi) is 4.21. The molecule has 0 saturated heterocycles. The number of hydrogen-bond donors (Lipinski definition) is 1. The summed E-state index contributed by atoms with van der Waals surface area (Å²) in [7, 11) is 0. The summed E-state index contributed by atoms with van der Waals surface area (Å²) >= 11 is 19.5. The van der Waals surface area contributed by atoms with Crippen molar-refractivity contribution in [3.8, 4) is 0 Å². The number of hydrogen-bond acceptors (Lipinski definition) is 2. The van der Waals surface area contributed by atoms with E-state index in [2.05, 4.69) is 12.2 Å². The van der Waals surface area contributed by atoms with E-state index in [-0.39, 0.29) is 6.04 Å². The van der Waals surface area contributed by atoms with E-state index in [1.54, 1.807) is 6.07 Å². The van der Waals surface area contributed by atoms with Gasteiger partial charge in [-0.15, -0.1) is 11.3 Å². The Labute approximate surface area is 119 Å². The molecule has 0 aliphatic rings. The third-order valence-electron chi connectivity index (χ3n) is 2.41. The zero-order valence-corrected chi connectivity index (χ0v) is 12.1. The van der Waals surface area contributed by atoms with Gasteiger partial charge in [0, 0.05) is 6.04 Å². The van der Waals surface area contributed by atoms with Gasteiger partial charge in [-0.3, -0.25) is 0 Å². The van der Waals surface area contributed by atoms with Crippen molar-refractivity contribution in [3.63, 3.8) is 0 Å². The van der Waals surface area contributed by atoms with E-state index in [0.29, 0.717) is 10.0 Å². The molecule has 1 aromatic carbocycles. The summed E-state index contributed by atoms with van der Waals surface area (Å²) in [5, 5.41) is 6.43. The topological polar surface area (TPSA) is 12.0 Å². The smallest absolute Gasteiger partial charge is 0.0931 e. The highest BCUT2D eigenvalue weighted by Gasteiger charge is 2.10. The highest BCUT2D eigenvalue weighted by molar-refractivity contribution is 7.14. The summed E-state index contributed by atoms with van der Waals surface area (Å²) in [5.41, 5.74) is 1.96. The summed E-state index contributed by atoms with van der Waals surface area (Å²) in [6, 6.07) is 7.61. The molecule has 2 rings (SSSR count). The lowest BCUT2D eigenvalue weighted by Crippen LogP contribution is -2.05. The van der Waals surface area contributed by atoms with Crippen molar-refractivity contribution in [3.05, 3.63) is 49.6 Å². The zero-order chi connectivity index (χ0) is 12.4. The molecule has 0 aliphatic heterocycles. The lowest BCUT2D eigenvalue weighted by molar-refractivity contribution is 0.891. The first-order valence-electron chi connectivity index (χ1n) is 5.02. The fourth-order valence-corrected chi connectivity index (χ4v) is 2.82. The number of nitrogens with one attached hydrogen (secondary N) is 1. The van der Waals surface area contributed by atoms with E-state index in [1.807, 2.05) is 23.6 Å². The molecule has 5 heteroatoms. The van der Waals surface area contributed by atoms with E-state index >= 15 is 0 Å². The molecule has 1 aromatic heterocycles. The fourth-order valence-electron chi connectivity index (χ4n) is 1.48. The summed E-state index contributed by atoms with van der Waals surface area (Å²) in [5.74, 6) is 0. The molecule has 0 bridgehead atoms. The third-order valence-corrected chi connectivity index (χ3v) is 4.34. The molecule has 1 unspecified atom stereocenters. The maximum absolute atomic E-state index is 6.11. The SMILES string of the molecule is CC(Nc1cccc(Cl)c1Cl)c1csc(Cl)c1. The Morgan fingerprint density at radius 1 is 1.24 bits per heavy atom. The molecule has 0 saturated carbocycles. The van der Waals surface area contributed by atoms with Gasteiger partial charge in [-0.1, -0.05) is 40.9 Å². The Morgan fingerprint density at radius 2 is 2.00 bits per heavy atom. The van der Waals surface area contributed by atoms with Gasteiger partial charge < -0.3 is 5.32 Å². The summed E-state index contributed by atoms with van der Waals surface area (Å²) < 4.78 is 0.783. The summed E-state index contributed by atoms with van der Waals surface area (Å²) in [6.07, 6.45) is 0. The molecule has 90 valence electrons. The van der Waals surface area contributed by atoms with Crippen LogP contribution in [0.3, 0.4) is 0 Å². The van der Waals surface area contributed by atoms with E-state index in [1.165, 1.54) is 11.3 Å². The van der Waals surface area contributed by atoms with Gasteiger partial charge >= 0.3 is 0 Å². The number of thiophene rings is 1. The highest BCUT2D eigenvalue weighted by Crippen LogP contribution is 2.33. The first-order chi connectivity index (χ1) is 8.08. The van der Waals surface area contributed by atoms with E-state index in [4.69, 9.17) is 34.8 Å². The average molecular weight is 307 g/mol. The van der Waals surface area contributed by atoms with E-state index < -0.39 is 0 Å². The van der Waals surface area contributed by atoms with Crippen LogP contribution < -0.4 is 5.32 Å². The van der Waals surface area contributed by atoms with Crippen LogP contribution in [-0.4, -0.2) is 0 Å². The molecule has 0 aliphatic carbocycles. The first-order valence-corrected chi connectivity index (χ1v) is 7.04. The van der Waals surface area contributed by atoms with Crippen LogP contribution in [0.2, 0.25) is 14.4 Å². The Balaban J connectivity index is 2.18. The van der Waals surface area contributed by atoms with E-state index in [9.17, 15) is 0 Å². The van der Waals surface area contributed by atoms with Crippen molar-refractivity contribution in [2.24, 2.45) is 0 Å². The van der Waals surface area contributed by atoms with Crippen LogP contribution in [0.15, 0.2) is 29.6 Å². The number of rotatable bonds is 3. The van der Waals surface area contributed by atoms with Crippen molar-refractivity contribution in [1.29, 1.82) is 0 Å². The third kappa shape index (κ3) is 3.08. The molecular formula is C12H10Cl3NS. The second-order valence-electron chi connectivity index (χ2n) is 3.65. The second kappa shape index (κ2) is 5.49. The Hall–Kier alpha value is -0.410. The second-order valence-corrected chi connectivity index (χ2v) is 5.98. The minimum atomic E-state index is 0.134. The van der Waals surface area contributed by atoms with Crippen LogP contribution in [0.25, 0.3) is 0 Å². The minimum absolute atomic E-state index is 0.134. The fraction of sp³-hybridized carbons (Fsp3) is 0.167. The normalized spacial score (nSPS) is 12.5. The Bertz CT molecular complexity index is 524. The van der Waals surface area contributed by atoms with Gasteiger partial charge in [-0.05, 0) is 36.1 Å². The molecule has 1 N–H and O–H groups in total. The number of benzene rings is 1.